The van der Waals surface area contributed by atoms with Crippen molar-refractivity contribution in [3.8, 4) is 0 Å². The third kappa shape index (κ3) is 3.13. The minimum Gasteiger partial charge on any atom is -0.385 e. The van der Waals surface area contributed by atoms with Crippen molar-refractivity contribution in [2.45, 2.75) is 13.0 Å². The van der Waals surface area contributed by atoms with Gasteiger partial charge in [-0.05, 0) is 24.6 Å². The van der Waals surface area contributed by atoms with E-state index in [4.69, 9.17) is 0 Å². The maximum absolute atomic E-state index is 4.15. The van der Waals surface area contributed by atoms with Gasteiger partial charge in [0.15, 0.2) is 0 Å². The summed E-state index contributed by atoms with van der Waals surface area (Å²) < 4.78 is 1.95. The van der Waals surface area contributed by atoms with Crippen molar-refractivity contribution in [1.82, 2.24) is 9.78 Å². The highest BCUT2D eigenvalue weighted by molar-refractivity contribution is 5.42. The predicted molar refractivity (Wildman–Crippen MR) is 61.8 cm³/mol. The van der Waals surface area contributed by atoms with Gasteiger partial charge in [-0.1, -0.05) is 18.2 Å². The second kappa shape index (κ2) is 5.20. The molecule has 0 spiro atoms. The first-order valence-electron chi connectivity index (χ1n) is 5.21. The van der Waals surface area contributed by atoms with Crippen molar-refractivity contribution in [2.75, 3.05) is 11.9 Å². The number of rotatable bonds is 5. The van der Waals surface area contributed by atoms with Crippen LogP contribution in [0.5, 0.6) is 0 Å². The van der Waals surface area contributed by atoms with Gasteiger partial charge in [-0.15, -0.1) is 0 Å². The van der Waals surface area contributed by atoms with Crippen molar-refractivity contribution in [3.63, 3.8) is 0 Å². The molecule has 0 amide bonds. The van der Waals surface area contributed by atoms with Crippen molar-refractivity contribution < 1.29 is 0 Å². The molecule has 1 heterocycles. The molecule has 0 saturated carbocycles. The first-order chi connectivity index (χ1) is 7.45. The summed E-state index contributed by atoms with van der Waals surface area (Å²) in [7, 11) is 0. The van der Waals surface area contributed by atoms with E-state index in [-0.39, 0.29) is 0 Å². The van der Waals surface area contributed by atoms with Crippen LogP contribution in [0, 0.1) is 0 Å². The Balaban J connectivity index is 1.68. The lowest BCUT2D eigenvalue weighted by atomic mass is 10.3. The van der Waals surface area contributed by atoms with Gasteiger partial charge in [0.2, 0.25) is 0 Å². The summed E-state index contributed by atoms with van der Waals surface area (Å²) in [5, 5.41) is 7.52. The fraction of sp³-hybridized carbons (Fsp3) is 0.250. The summed E-state index contributed by atoms with van der Waals surface area (Å²) in [6.07, 6.45) is 4.88. The number of nitrogens with zero attached hydrogens (tertiary/aromatic N) is 2. The second-order valence-corrected chi connectivity index (χ2v) is 3.42. The molecule has 2 rings (SSSR count). The molecule has 1 aromatic carbocycles. The Bertz CT molecular complexity index is 367. The molecular weight excluding hydrogens is 186 g/mol. The van der Waals surface area contributed by atoms with Gasteiger partial charge >= 0.3 is 0 Å². The number of anilines is 1. The predicted octanol–water partition coefficient (Wildman–Crippen LogP) is 2.39. The van der Waals surface area contributed by atoms with Gasteiger partial charge < -0.3 is 5.32 Å². The van der Waals surface area contributed by atoms with Crippen LogP contribution in [-0.4, -0.2) is 16.3 Å². The molecule has 0 atom stereocenters. The number of benzene rings is 1. The molecule has 78 valence electrons. The van der Waals surface area contributed by atoms with Crippen LogP contribution in [-0.2, 0) is 6.54 Å². The van der Waals surface area contributed by atoms with Crippen LogP contribution in [0.25, 0.3) is 0 Å². The Kier molecular flexibility index (Phi) is 3.38. The van der Waals surface area contributed by atoms with Gasteiger partial charge in [-0.3, -0.25) is 4.68 Å². The molecule has 2 aromatic rings. The van der Waals surface area contributed by atoms with E-state index in [1.807, 2.05) is 41.3 Å². The van der Waals surface area contributed by atoms with Crippen LogP contribution in [0.15, 0.2) is 48.8 Å². The standard InChI is InChI=1S/C12H15N3/c1-2-6-12(7-3-1)13-8-4-10-15-11-5-9-14-15/h1-3,5-7,9,11,13H,4,8,10H2. The zero-order valence-electron chi connectivity index (χ0n) is 8.63. The van der Waals surface area contributed by atoms with Crippen molar-refractivity contribution in [3.05, 3.63) is 48.8 Å². The van der Waals surface area contributed by atoms with E-state index in [1.165, 1.54) is 5.69 Å². The Morgan fingerprint density at radius 3 is 2.73 bits per heavy atom. The van der Waals surface area contributed by atoms with Gasteiger partial charge in [0.25, 0.3) is 0 Å². The smallest absolute Gasteiger partial charge is 0.0489 e. The van der Waals surface area contributed by atoms with Gasteiger partial charge in [0.05, 0.1) is 0 Å². The normalized spacial score (nSPS) is 10.1. The molecule has 0 bridgehead atoms. The highest BCUT2D eigenvalue weighted by Gasteiger charge is 1.91. The maximum Gasteiger partial charge on any atom is 0.0489 e. The lowest BCUT2D eigenvalue weighted by Crippen LogP contribution is -2.06. The third-order valence-corrected chi connectivity index (χ3v) is 2.23. The molecule has 0 saturated heterocycles. The minimum atomic E-state index is 0.965. The molecular formula is C12H15N3. The maximum atomic E-state index is 4.15. The van der Waals surface area contributed by atoms with Crippen LogP contribution < -0.4 is 5.32 Å². The molecule has 0 aliphatic heterocycles. The topological polar surface area (TPSA) is 29.9 Å². The number of para-hydroxylation sites is 1. The molecule has 0 radical (unpaired) electrons. The molecule has 3 heteroatoms. The van der Waals surface area contributed by atoms with Crippen LogP contribution in [0.3, 0.4) is 0 Å². The van der Waals surface area contributed by atoms with Crippen LogP contribution in [0.1, 0.15) is 6.42 Å². The first-order valence-corrected chi connectivity index (χ1v) is 5.21. The molecule has 1 aromatic heterocycles. The van der Waals surface area contributed by atoms with E-state index in [0.29, 0.717) is 0 Å². The van der Waals surface area contributed by atoms with Crippen molar-refractivity contribution in [2.24, 2.45) is 0 Å². The first kappa shape index (κ1) is 9.77. The Hall–Kier alpha value is -1.77. The van der Waals surface area contributed by atoms with Crippen LogP contribution in [0.2, 0.25) is 0 Å². The second-order valence-electron chi connectivity index (χ2n) is 3.42. The van der Waals surface area contributed by atoms with Crippen molar-refractivity contribution in [1.29, 1.82) is 0 Å². The number of aryl methyl sites for hydroxylation is 1. The van der Waals surface area contributed by atoms with E-state index in [2.05, 4.69) is 22.5 Å². The Labute approximate surface area is 89.7 Å². The fourth-order valence-electron chi connectivity index (χ4n) is 1.46. The summed E-state index contributed by atoms with van der Waals surface area (Å²) >= 11 is 0. The molecule has 15 heavy (non-hydrogen) atoms. The monoisotopic (exact) mass is 201 g/mol. The molecule has 0 aliphatic rings. The molecule has 0 fully saturated rings. The zero-order chi connectivity index (χ0) is 10.3. The number of hydrogen-bond donors (Lipinski definition) is 1. The quantitative estimate of drug-likeness (QED) is 0.753. The summed E-state index contributed by atoms with van der Waals surface area (Å²) in [5.41, 5.74) is 1.18. The Morgan fingerprint density at radius 2 is 2.00 bits per heavy atom. The summed E-state index contributed by atoms with van der Waals surface area (Å²) in [6.45, 7) is 1.94. The summed E-state index contributed by atoms with van der Waals surface area (Å²) in [4.78, 5) is 0. The van der Waals surface area contributed by atoms with Gasteiger partial charge in [0, 0.05) is 31.2 Å². The summed E-state index contributed by atoms with van der Waals surface area (Å²) in [5.74, 6) is 0. The fourth-order valence-corrected chi connectivity index (χ4v) is 1.46. The minimum absolute atomic E-state index is 0.965. The van der Waals surface area contributed by atoms with Gasteiger partial charge in [-0.2, -0.15) is 5.10 Å². The lowest BCUT2D eigenvalue weighted by molar-refractivity contribution is 0.592. The van der Waals surface area contributed by atoms with E-state index < -0.39 is 0 Å². The van der Waals surface area contributed by atoms with Crippen LogP contribution >= 0.6 is 0 Å². The van der Waals surface area contributed by atoms with E-state index in [1.54, 1.807) is 0 Å². The molecule has 1 N–H and O–H groups in total. The van der Waals surface area contributed by atoms with Crippen molar-refractivity contribution >= 4 is 5.69 Å². The molecule has 0 aliphatic carbocycles. The summed E-state index contributed by atoms with van der Waals surface area (Å²) in [6, 6.07) is 12.2. The number of nitrogens with one attached hydrogen (secondary N) is 1. The van der Waals surface area contributed by atoms with Gasteiger partial charge in [0.1, 0.15) is 0 Å². The highest BCUT2D eigenvalue weighted by Crippen LogP contribution is 2.04. The largest absolute Gasteiger partial charge is 0.385 e. The van der Waals surface area contributed by atoms with Crippen LogP contribution in [0.4, 0.5) is 5.69 Å². The molecule has 0 unspecified atom stereocenters. The molecule has 3 nitrogen and oxygen atoms in total. The third-order valence-electron chi connectivity index (χ3n) is 2.23. The Morgan fingerprint density at radius 1 is 1.13 bits per heavy atom. The number of hydrogen-bond acceptors (Lipinski definition) is 2. The average molecular weight is 201 g/mol. The lowest BCUT2D eigenvalue weighted by Gasteiger charge is -2.05. The highest BCUT2D eigenvalue weighted by atomic mass is 15.3. The van der Waals surface area contributed by atoms with E-state index >= 15 is 0 Å². The average Bonchev–Trinajstić information content (AvgIpc) is 2.79. The number of aromatic nitrogens is 2. The van der Waals surface area contributed by atoms with Gasteiger partial charge in [-0.25, -0.2) is 0 Å². The van der Waals surface area contributed by atoms with E-state index in [0.717, 1.165) is 19.5 Å². The van der Waals surface area contributed by atoms with E-state index in [9.17, 15) is 0 Å². The SMILES string of the molecule is c1ccc(NCCCn2cccn2)cc1. The zero-order valence-corrected chi connectivity index (χ0v) is 8.63.